The molecule has 0 aromatic carbocycles. The third kappa shape index (κ3) is 3.32. The van der Waals surface area contributed by atoms with Gasteiger partial charge in [0.2, 0.25) is 0 Å². The Kier molecular flexibility index (Phi) is 4.18. The molecule has 0 bridgehead atoms. The molecule has 3 N–H and O–H groups in total. The maximum absolute atomic E-state index is 5.42. The van der Waals surface area contributed by atoms with Gasteiger partial charge in [-0.2, -0.15) is 0 Å². The highest BCUT2D eigenvalue weighted by Crippen LogP contribution is 2.14. The van der Waals surface area contributed by atoms with Crippen LogP contribution in [0.4, 0.5) is 0 Å². The van der Waals surface area contributed by atoms with Crippen molar-refractivity contribution in [2.75, 3.05) is 13.2 Å². The molecule has 1 fully saturated rings. The van der Waals surface area contributed by atoms with Crippen molar-refractivity contribution in [3.63, 3.8) is 0 Å². The minimum absolute atomic E-state index is 0.285. The van der Waals surface area contributed by atoms with Crippen molar-refractivity contribution < 1.29 is 4.74 Å². The van der Waals surface area contributed by atoms with E-state index >= 15 is 0 Å². The number of hydrogen-bond donors (Lipinski definition) is 2. The van der Waals surface area contributed by atoms with E-state index in [1.807, 2.05) is 13.8 Å². The molecular formula is C9H19N3O. The Morgan fingerprint density at radius 3 is 2.85 bits per heavy atom. The fraction of sp³-hybridized carbons (Fsp3) is 0.889. The number of rotatable bonds is 2. The summed E-state index contributed by atoms with van der Waals surface area (Å²) in [6, 6.07) is 0.285. The van der Waals surface area contributed by atoms with Crippen molar-refractivity contribution in [1.29, 1.82) is 0 Å². The molecule has 1 aliphatic rings. The van der Waals surface area contributed by atoms with Crippen molar-refractivity contribution >= 4 is 5.84 Å². The van der Waals surface area contributed by atoms with Crippen LogP contribution >= 0.6 is 0 Å². The number of aliphatic imine (C=N–C) groups is 1. The molecule has 0 spiro atoms. The lowest BCUT2D eigenvalue weighted by Crippen LogP contribution is -2.40. The molecule has 0 aromatic heterocycles. The van der Waals surface area contributed by atoms with E-state index < -0.39 is 0 Å². The molecule has 1 aliphatic heterocycles. The highest BCUT2D eigenvalue weighted by Gasteiger charge is 2.19. The molecule has 1 saturated heterocycles. The zero-order valence-corrected chi connectivity index (χ0v) is 8.42. The van der Waals surface area contributed by atoms with Crippen molar-refractivity contribution in [2.45, 2.75) is 32.7 Å². The first-order chi connectivity index (χ1) is 6.24. The molecule has 0 aromatic rings. The average molecular weight is 185 g/mol. The molecule has 1 atom stereocenters. The van der Waals surface area contributed by atoms with Crippen molar-refractivity contribution in [3.05, 3.63) is 0 Å². The van der Waals surface area contributed by atoms with Gasteiger partial charge in [-0.15, -0.1) is 0 Å². The van der Waals surface area contributed by atoms with E-state index in [1.54, 1.807) is 0 Å². The molecule has 0 radical (unpaired) electrons. The molecule has 0 aliphatic carbocycles. The summed E-state index contributed by atoms with van der Waals surface area (Å²) in [6.07, 6.45) is 2.22. The molecule has 0 amide bonds. The largest absolute Gasteiger partial charge is 0.381 e. The maximum atomic E-state index is 5.42. The first-order valence-electron chi connectivity index (χ1n) is 4.86. The van der Waals surface area contributed by atoms with Crippen LogP contribution in [0, 0.1) is 5.92 Å². The topological polar surface area (TPSA) is 59.6 Å². The SMILES string of the molecule is CC(C)N=C(NN)C1CCCOC1. The second-order valence-corrected chi connectivity index (χ2v) is 3.67. The Morgan fingerprint density at radius 1 is 1.62 bits per heavy atom. The molecule has 13 heavy (non-hydrogen) atoms. The predicted molar refractivity (Wildman–Crippen MR) is 53.4 cm³/mol. The fourth-order valence-corrected chi connectivity index (χ4v) is 1.50. The zero-order chi connectivity index (χ0) is 9.68. The molecular weight excluding hydrogens is 166 g/mol. The minimum atomic E-state index is 0.285. The van der Waals surface area contributed by atoms with E-state index in [4.69, 9.17) is 10.6 Å². The van der Waals surface area contributed by atoms with Gasteiger partial charge in [0.05, 0.1) is 6.61 Å². The van der Waals surface area contributed by atoms with Crippen molar-refractivity contribution in [3.8, 4) is 0 Å². The number of nitrogens with two attached hydrogens (primary N) is 1. The molecule has 4 nitrogen and oxygen atoms in total. The normalized spacial score (nSPS) is 24.9. The lowest BCUT2D eigenvalue weighted by atomic mass is 10.0. The standard InChI is InChI=1S/C9H19N3O/c1-7(2)11-9(12-10)8-4-3-5-13-6-8/h7-8H,3-6,10H2,1-2H3,(H,11,12). The quantitative estimate of drug-likeness (QED) is 0.288. The van der Waals surface area contributed by atoms with Gasteiger partial charge in [0.1, 0.15) is 5.84 Å². The van der Waals surface area contributed by atoms with Crippen LogP contribution in [0.5, 0.6) is 0 Å². The first-order valence-corrected chi connectivity index (χ1v) is 4.86. The van der Waals surface area contributed by atoms with Crippen LogP contribution < -0.4 is 11.3 Å². The summed E-state index contributed by atoms with van der Waals surface area (Å²) in [7, 11) is 0. The Bertz CT molecular complexity index is 174. The third-order valence-corrected chi connectivity index (χ3v) is 2.09. The number of amidine groups is 1. The fourth-order valence-electron chi connectivity index (χ4n) is 1.50. The second-order valence-electron chi connectivity index (χ2n) is 3.67. The zero-order valence-electron chi connectivity index (χ0n) is 8.42. The highest BCUT2D eigenvalue weighted by molar-refractivity contribution is 5.84. The van der Waals surface area contributed by atoms with E-state index in [1.165, 1.54) is 0 Å². The Hall–Kier alpha value is -0.610. The van der Waals surface area contributed by atoms with E-state index in [9.17, 15) is 0 Å². The van der Waals surface area contributed by atoms with Gasteiger partial charge in [-0.05, 0) is 26.7 Å². The summed E-state index contributed by atoms with van der Waals surface area (Å²) in [5.41, 5.74) is 2.67. The second kappa shape index (κ2) is 5.19. The van der Waals surface area contributed by atoms with Crippen LogP contribution in [-0.4, -0.2) is 25.1 Å². The summed E-state index contributed by atoms with van der Waals surface area (Å²) in [6.45, 7) is 5.70. The van der Waals surface area contributed by atoms with Gasteiger partial charge >= 0.3 is 0 Å². The van der Waals surface area contributed by atoms with E-state index in [2.05, 4.69) is 10.4 Å². The summed E-state index contributed by atoms with van der Waals surface area (Å²) in [5.74, 6) is 6.66. The summed E-state index contributed by atoms with van der Waals surface area (Å²) in [4.78, 5) is 4.42. The van der Waals surface area contributed by atoms with Crippen LogP contribution in [0.15, 0.2) is 4.99 Å². The number of ether oxygens (including phenoxy) is 1. The van der Waals surface area contributed by atoms with Crippen LogP contribution in [0.3, 0.4) is 0 Å². The lowest BCUT2D eigenvalue weighted by Gasteiger charge is -2.23. The monoisotopic (exact) mass is 185 g/mol. The van der Waals surface area contributed by atoms with Crippen LogP contribution in [-0.2, 0) is 4.74 Å². The van der Waals surface area contributed by atoms with Crippen LogP contribution in [0.1, 0.15) is 26.7 Å². The van der Waals surface area contributed by atoms with E-state index in [0.29, 0.717) is 5.92 Å². The number of nitrogens with one attached hydrogen (secondary N) is 1. The Morgan fingerprint density at radius 2 is 2.38 bits per heavy atom. The van der Waals surface area contributed by atoms with Crippen molar-refractivity contribution in [1.82, 2.24) is 5.43 Å². The molecule has 0 saturated carbocycles. The molecule has 1 heterocycles. The van der Waals surface area contributed by atoms with Gasteiger partial charge < -0.3 is 10.2 Å². The molecule has 4 heteroatoms. The van der Waals surface area contributed by atoms with Crippen LogP contribution in [0.2, 0.25) is 0 Å². The van der Waals surface area contributed by atoms with Gasteiger partial charge in [0.25, 0.3) is 0 Å². The van der Waals surface area contributed by atoms with Gasteiger partial charge in [-0.25, -0.2) is 5.84 Å². The highest BCUT2D eigenvalue weighted by atomic mass is 16.5. The average Bonchev–Trinajstić information content (AvgIpc) is 2.15. The molecule has 1 rings (SSSR count). The van der Waals surface area contributed by atoms with Crippen molar-refractivity contribution in [2.24, 2.45) is 16.8 Å². The van der Waals surface area contributed by atoms with E-state index in [0.717, 1.165) is 31.9 Å². The van der Waals surface area contributed by atoms with E-state index in [-0.39, 0.29) is 6.04 Å². The molecule has 76 valence electrons. The summed E-state index contributed by atoms with van der Waals surface area (Å²) in [5, 5.41) is 0. The van der Waals surface area contributed by atoms with Gasteiger partial charge in [-0.1, -0.05) is 0 Å². The molecule has 1 unspecified atom stereocenters. The van der Waals surface area contributed by atoms with Gasteiger partial charge in [-0.3, -0.25) is 4.99 Å². The number of hydrazine groups is 1. The first kappa shape index (κ1) is 10.5. The minimum Gasteiger partial charge on any atom is -0.381 e. The lowest BCUT2D eigenvalue weighted by molar-refractivity contribution is 0.0757. The Balaban J connectivity index is 2.53. The van der Waals surface area contributed by atoms with Gasteiger partial charge in [0.15, 0.2) is 0 Å². The summed E-state index contributed by atoms with van der Waals surface area (Å²) < 4.78 is 5.37. The number of nitrogens with zero attached hydrogens (tertiary/aromatic N) is 1. The Labute approximate surface area is 79.5 Å². The smallest absolute Gasteiger partial charge is 0.116 e. The van der Waals surface area contributed by atoms with Crippen LogP contribution in [0.25, 0.3) is 0 Å². The van der Waals surface area contributed by atoms with Gasteiger partial charge in [0, 0.05) is 18.6 Å². The number of hydrogen-bond acceptors (Lipinski definition) is 3. The maximum Gasteiger partial charge on any atom is 0.116 e. The predicted octanol–water partition coefficient (Wildman–Crippen LogP) is 0.683. The summed E-state index contributed by atoms with van der Waals surface area (Å²) >= 11 is 0. The third-order valence-electron chi connectivity index (χ3n) is 2.09.